The van der Waals surface area contributed by atoms with Crippen molar-refractivity contribution in [3.05, 3.63) is 46.8 Å². The number of ether oxygens (including phenoxy) is 2. The molecule has 3 rings (SSSR count). The normalized spacial score (nSPS) is 10.7. The Kier molecular flexibility index (Phi) is 3.57. The smallest absolute Gasteiger partial charge is 0.204 e. The Morgan fingerprint density at radius 3 is 2.43 bits per heavy atom. The molecule has 0 radical (unpaired) electrons. The van der Waals surface area contributed by atoms with E-state index >= 15 is 0 Å². The summed E-state index contributed by atoms with van der Waals surface area (Å²) in [4.78, 5) is 12.8. The van der Waals surface area contributed by atoms with E-state index in [1.165, 1.54) is 32.6 Å². The molecule has 3 aromatic rings. The Morgan fingerprint density at radius 2 is 1.78 bits per heavy atom. The number of benzene rings is 2. The van der Waals surface area contributed by atoms with Crippen LogP contribution in [0.15, 0.2) is 45.8 Å². The van der Waals surface area contributed by atoms with E-state index in [1.807, 2.05) is 0 Å². The van der Waals surface area contributed by atoms with E-state index in [-0.39, 0.29) is 39.2 Å². The number of rotatable bonds is 3. The van der Waals surface area contributed by atoms with Crippen molar-refractivity contribution in [2.45, 2.75) is 0 Å². The maximum atomic E-state index is 12.8. The molecule has 0 fully saturated rings. The maximum absolute atomic E-state index is 12.8. The highest BCUT2D eigenvalue weighted by atomic mass is 16.5. The summed E-state index contributed by atoms with van der Waals surface area (Å²) in [6.45, 7) is 0. The Bertz CT molecular complexity index is 942. The zero-order valence-electron chi connectivity index (χ0n) is 12.5. The first-order valence-electron chi connectivity index (χ1n) is 6.75. The number of aromatic hydroxyl groups is 2. The van der Waals surface area contributed by atoms with Gasteiger partial charge >= 0.3 is 0 Å². The van der Waals surface area contributed by atoms with Crippen molar-refractivity contribution in [3.63, 3.8) is 0 Å². The first-order valence-corrected chi connectivity index (χ1v) is 6.75. The minimum absolute atomic E-state index is 0.101. The lowest BCUT2D eigenvalue weighted by Gasteiger charge is -2.11. The van der Waals surface area contributed by atoms with Crippen molar-refractivity contribution >= 4 is 11.0 Å². The lowest BCUT2D eigenvalue weighted by Crippen LogP contribution is -2.07. The first-order chi connectivity index (χ1) is 11.1. The molecule has 118 valence electrons. The number of fused-ring (bicyclic) bond motifs is 1. The Labute approximate surface area is 131 Å². The maximum Gasteiger partial charge on any atom is 0.204 e. The number of hydrogen-bond donors (Lipinski definition) is 2. The Hall–Kier alpha value is -3.15. The first kappa shape index (κ1) is 14.8. The predicted molar refractivity (Wildman–Crippen MR) is 84.4 cm³/mol. The molecule has 23 heavy (non-hydrogen) atoms. The predicted octanol–water partition coefficient (Wildman–Crippen LogP) is 2.89. The molecule has 0 bridgehead atoms. The molecule has 0 spiro atoms. The summed E-state index contributed by atoms with van der Waals surface area (Å²) in [5.74, 6) is 0.340. The third-order valence-electron chi connectivity index (χ3n) is 3.55. The van der Waals surface area contributed by atoms with Gasteiger partial charge in [0, 0.05) is 11.6 Å². The fraction of sp³-hybridized carbons (Fsp3) is 0.118. The van der Waals surface area contributed by atoms with Gasteiger partial charge in [0.1, 0.15) is 28.7 Å². The van der Waals surface area contributed by atoms with Crippen LogP contribution in [0.5, 0.6) is 23.0 Å². The SMILES string of the molecule is COc1ccc2occ(-c3ccc(O)cc3O)c(=O)c2c1OC. The van der Waals surface area contributed by atoms with E-state index in [9.17, 15) is 15.0 Å². The molecule has 1 aromatic heterocycles. The molecule has 6 heteroatoms. The highest BCUT2D eigenvalue weighted by Gasteiger charge is 2.18. The summed E-state index contributed by atoms with van der Waals surface area (Å²) in [6, 6.07) is 7.22. The van der Waals surface area contributed by atoms with Crippen LogP contribution >= 0.6 is 0 Å². The van der Waals surface area contributed by atoms with Crippen LogP contribution in [0.3, 0.4) is 0 Å². The average molecular weight is 314 g/mol. The third-order valence-corrected chi connectivity index (χ3v) is 3.55. The van der Waals surface area contributed by atoms with Crippen LogP contribution in [0.1, 0.15) is 0 Å². The van der Waals surface area contributed by atoms with Gasteiger partial charge in [-0.25, -0.2) is 0 Å². The van der Waals surface area contributed by atoms with Crippen molar-refractivity contribution in [2.24, 2.45) is 0 Å². The van der Waals surface area contributed by atoms with E-state index in [0.717, 1.165) is 6.07 Å². The molecule has 0 atom stereocenters. The van der Waals surface area contributed by atoms with Gasteiger partial charge in [0.05, 0.1) is 19.8 Å². The van der Waals surface area contributed by atoms with Crippen molar-refractivity contribution < 1.29 is 24.1 Å². The molecule has 2 N–H and O–H groups in total. The van der Waals surface area contributed by atoms with Crippen LogP contribution in [0.4, 0.5) is 0 Å². The van der Waals surface area contributed by atoms with Gasteiger partial charge < -0.3 is 24.1 Å². The molecular formula is C17H14O6. The molecule has 0 unspecified atom stereocenters. The second-order valence-corrected chi connectivity index (χ2v) is 4.85. The minimum atomic E-state index is -0.372. The van der Waals surface area contributed by atoms with Gasteiger partial charge in [-0.2, -0.15) is 0 Å². The molecule has 0 aliphatic carbocycles. The molecule has 0 amide bonds. The zero-order chi connectivity index (χ0) is 16.6. The van der Waals surface area contributed by atoms with E-state index < -0.39 is 0 Å². The molecule has 0 saturated heterocycles. The quantitative estimate of drug-likeness (QED) is 0.772. The standard InChI is InChI=1S/C17H14O6/c1-21-14-6-5-13-15(17(14)22-2)16(20)11(8-23-13)10-4-3-9(18)7-12(10)19/h3-8,18-19H,1-2H3. The third kappa shape index (κ3) is 2.34. The highest BCUT2D eigenvalue weighted by Crippen LogP contribution is 2.36. The summed E-state index contributed by atoms with van der Waals surface area (Å²) in [6.07, 6.45) is 1.27. The van der Waals surface area contributed by atoms with E-state index in [4.69, 9.17) is 13.9 Å². The van der Waals surface area contributed by atoms with Gasteiger partial charge in [-0.1, -0.05) is 0 Å². The second-order valence-electron chi connectivity index (χ2n) is 4.85. The lowest BCUT2D eigenvalue weighted by molar-refractivity contribution is 0.358. The molecule has 0 aliphatic heterocycles. The van der Waals surface area contributed by atoms with Gasteiger partial charge in [-0.3, -0.25) is 4.79 Å². The van der Waals surface area contributed by atoms with Crippen LogP contribution in [-0.2, 0) is 0 Å². The average Bonchev–Trinajstić information content (AvgIpc) is 2.55. The highest BCUT2D eigenvalue weighted by molar-refractivity contribution is 5.90. The van der Waals surface area contributed by atoms with E-state index in [0.29, 0.717) is 11.3 Å². The van der Waals surface area contributed by atoms with Crippen LogP contribution in [0, 0.1) is 0 Å². The van der Waals surface area contributed by atoms with Crippen molar-refractivity contribution in [3.8, 4) is 34.1 Å². The number of methoxy groups -OCH3 is 2. The van der Waals surface area contributed by atoms with Crippen molar-refractivity contribution in [1.82, 2.24) is 0 Å². The zero-order valence-corrected chi connectivity index (χ0v) is 12.5. The fourth-order valence-corrected chi connectivity index (χ4v) is 2.47. The Morgan fingerprint density at radius 1 is 1.00 bits per heavy atom. The minimum Gasteiger partial charge on any atom is -0.508 e. The van der Waals surface area contributed by atoms with Crippen molar-refractivity contribution in [1.29, 1.82) is 0 Å². The van der Waals surface area contributed by atoms with Crippen LogP contribution in [0.2, 0.25) is 0 Å². The Balaban J connectivity index is 2.36. The van der Waals surface area contributed by atoms with Crippen LogP contribution < -0.4 is 14.9 Å². The summed E-state index contributed by atoms with van der Waals surface area (Å²) in [5.41, 5.74) is 0.377. The van der Waals surface area contributed by atoms with Crippen molar-refractivity contribution in [2.75, 3.05) is 14.2 Å². The molecule has 0 aliphatic rings. The summed E-state index contributed by atoms with van der Waals surface area (Å²) in [7, 11) is 2.91. The fourth-order valence-electron chi connectivity index (χ4n) is 2.47. The second kappa shape index (κ2) is 5.57. The molecule has 6 nitrogen and oxygen atoms in total. The number of phenols is 2. The molecular weight excluding hydrogens is 300 g/mol. The summed E-state index contributed by atoms with van der Waals surface area (Å²) < 4.78 is 16.0. The summed E-state index contributed by atoms with van der Waals surface area (Å²) >= 11 is 0. The topological polar surface area (TPSA) is 89.1 Å². The largest absolute Gasteiger partial charge is 0.508 e. The number of hydrogen-bond acceptors (Lipinski definition) is 6. The van der Waals surface area contributed by atoms with Gasteiger partial charge in [0.25, 0.3) is 0 Å². The van der Waals surface area contributed by atoms with E-state index in [2.05, 4.69) is 0 Å². The van der Waals surface area contributed by atoms with E-state index in [1.54, 1.807) is 12.1 Å². The summed E-state index contributed by atoms with van der Waals surface area (Å²) in [5, 5.41) is 19.6. The number of phenolic OH excluding ortho intramolecular Hbond substituents is 2. The van der Waals surface area contributed by atoms with Gasteiger partial charge in [-0.05, 0) is 24.3 Å². The van der Waals surface area contributed by atoms with Crippen LogP contribution in [-0.4, -0.2) is 24.4 Å². The molecule has 1 heterocycles. The van der Waals surface area contributed by atoms with Gasteiger partial charge in [0.15, 0.2) is 11.5 Å². The lowest BCUT2D eigenvalue weighted by atomic mass is 10.0. The monoisotopic (exact) mass is 314 g/mol. The molecule has 2 aromatic carbocycles. The molecule has 0 saturated carbocycles. The van der Waals surface area contributed by atoms with Gasteiger partial charge in [-0.15, -0.1) is 0 Å². The van der Waals surface area contributed by atoms with Crippen LogP contribution in [0.25, 0.3) is 22.1 Å². The van der Waals surface area contributed by atoms with Gasteiger partial charge in [0.2, 0.25) is 5.43 Å².